The summed E-state index contributed by atoms with van der Waals surface area (Å²) in [5.74, 6) is 2.80. The lowest BCUT2D eigenvalue weighted by Gasteiger charge is -2.37. The quantitative estimate of drug-likeness (QED) is 0.829. The number of aryl methyl sites for hydroxylation is 2. The van der Waals surface area contributed by atoms with Crippen molar-refractivity contribution in [1.29, 1.82) is 0 Å². The van der Waals surface area contributed by atoms with Crippen molar-refractivity contribution in [3.05, 3.63) is 46.9 Å². The van der Waals surface area contributed by atoms with Crippen LogP contribution >= 0.6 is 0 Å². The van der Waals surface area contributed by atoms with E-state index < -0.39 is 0 Å². The van der Waals surface area contributed by atoms with Gasteiger partial charge in [-0.25, -0.2) is 9.97 Å². The Labute approximate surface area is 161 Å². The van der Waals surface area contributed by atoms with E-state index in [1.807, 2.05) is 36.1 Å². The van der Waals surface area contributed by atoms with Crippen LogP contribution in [0.1, 0.15) is 47.2 Å². The molecule has 0 atom stereocenters. The highest BCUT2D eigenvalue weighted by Gasteiger charge is 2.27. The van der Waals surface area contributed by atoms with Crippen molar-refractivity contribution in [3.63, 3.8) is 0 Å². The minimum Gasteiger partial charge on any atom is -0.496 e. The molecule has 1 aromatic carbocycles. The van der Waals surface area contributed by atoms with Crippen molar-refractivity contribution in [1.82, 2.24) is 14.9 Å². The second kappa shape index (κ2) is 7.94. The fourth-order valence-electron chi connectivity index (χ4n) is 3.73. The van der Waals surface area contributed by atoms with Gasteiger partial charge in [-0.3, -0.25) is 4.79 Å². The predicted octanol–water partition coefficient (Wildman–Crippen LogP) is 3.19. The Kier molecular flexibility index (Phi) is 5.63. The average Bonchev–Trinajstić information content (AvgIpc) is 2.66. The van der Waals surface area contributed by atoms with Crippen LogP contribution in [0.2, 0.25) is 0 Å². The molecule has 1 aliphatic heterocycles. The van der Waals surface area contributed by atoms with Crippen molar-refractivity contribution >= 4 is 11.7 Å². The largest absolute Gasteiger partial charge is 0.496 e. The van der Waals surface area contributed by atoms with Gasteiger partial charge in [0.1, 0.15) is 17.4 Å². The zero-order valence-corrected chi connectivity index (χ0v) is 16.8. The molecule has 1 aliphatic rings. The predicted molar refractivity (Wildman–Crippen MR) is 107 cm³/mol. The molecular weight excluding hydrogens is 340 g/mol. The van der Waals surface area contributed by atoms with E-state index in [9.17, 15) is 4.79 Å². The number of hydrogen-bond acceptors (Lipinski definition) is 5. The molecule has 0 aliphatic carbocycles. The third-order valence-electron chi connectivity index (χ3n) is 5.01. The van der Waals surface area contributed by atoms with Crippen molar-refractivity contribution in [3.8, 4) is 5.75 Å². The van der Waals surface area contributed by atoms with Gasteiger partial charge in [0.25, 0.3) is 5.91 Å². The first-order valence-electron chi connectivity index (χ1n) is 9.44. The van der Waals surface area contributed by atoms with E-state index >= 15 is 0 Å². The third kappa shape index (κ3) is 3.89. The fourth-order valence-corrected chi connectivity index (χ4v) is 3.73. The normalized spacial score (nSPS) is 14.6. The maximum atomic E-state index is 12.9. The summed E-state index contributed by atoms with van der Waals surface area (Å²) in [5.41, 5.74) is 2.86. The van der Waals surface area contributed by atoms with Gasteiger partial charge >= 0.3 is 0 Å². The highest BCUT2D eigenvalue weighted by Crippen LogP contribution is 2.29. The van der Waals surface area contributed by atoms with Crippen LogP contribution in [0.4, 0.5) is 5.82 Å². The van der Waals surface area contributed by atoms with Gasteiger partial charge in [-0.2, -0.15) is 0 Å². The van der Waals surface area contributed by atoms with Crippen molar-refractivity contribution in [2.45, 2.75) is 33.6 Å². The second-order valence-corrected chi connectivity index (χ2v) is 7.23. The van der Waals surface area contributed by atoms with E-state index in [-0.39, 0.29) is 5.91 Å². The molecule has 1 aromatic heterocycles. The monoisotopic (exact) mass is 368 g/mol. The van der Waals surface area contributed by atoms with Gasteiger partial charge in [0.15, 0.2) is 0 Å². The molecule has 1 fully saturated rings. The lowest BCUT2D eigenvalue weighted by Crippen LogP contribution is -2.49. The first-order valence-corrected chi connectivity index (χ1v) is 9.44. The number of aromatic nitrogens is 2. The Balaban J connectivity index is 1.77. The summed E-state index contributed by atoms with van der Waals surface area (Å²) in [6.45, 7) is 11.2. The summed E-state index contributed by atoms with van der Waals surface area (Å²) in [6, 6.07) is 7.39. The molecule has 0 unspecified atom stereocenters. The number of carbonyl (C=O) groups is 1. The molecule has 1 amide bonds. The number of rotatable bonds is 4. The minimum absolute atomic E-state index is 0.0197. The molecule has 0 radical (unpaired) electrons. The van der Waals surface area contributed by atoms with Crippen LogP contribution in [-0.2, 0) is 0 Å². The molecule has 2 aromatic rings. The number of para-hydroxylation sites is 1. The van der Waals surface area contributed by atoms with E-state index in [2.05, 4.69) is 30.7 Å². The Morgan fingerprint density at radius 2 is 1.74 bits per heavy atom. The van der Waals surface area contributed by atoms with Crippen molar-refractivity contribution in [2.75, 3.05) is 38.2 Å². The van der Waals surface area contributed by atoms with E-state index in [0.29, 0.717) is 30.3 Å². The smallest absolute Gasteiger partial charge is 0.257 e. The van der Waals surface area contributed by atoms with Gasteiger partial charge in [0.2, 0.25) is 0 Å². The van der Waals surface area contributed by atoms with Crippen LogP contribution in [0, 0.1) is 13.8 Å². The molecule has 3 rings (SSSR count). The van der Waals surface area contributed by atoms with Gasteiger partial charge in [-0.05, 0) is 31.9 Å². The van der Waals surface area contributed by atoms with Crippen LogP contribution in [0.25, 0.3) is 0 Å². The highest BCUT2D eigenvalue weighted by molar-refractivity contribution is 5.97. The lowest BCUT2D eigenvalue weighted by atomic mass is 10.0. The van der Waals surface area contributed by atoms with Crippen molar-refractivity contribution < 1.29 is 9.53 Å². The van der Waals surface area contributed by atoms with Crippen LogP contribution in [-0.4, -0.2) is 54.1 Å². The van der Waals surface area contributed by atoms with Gasteiger partial charge in [-0.1, -0.05) is 26.0 Å². The molecule has 27 heavy (non-hydrogen) atoms. The molecule has 6 nitrogen and oxygen atoms in total. The standard InChI is InChI=1S/C21H28N4O2/c1-14(2)19-15(3)22-16(4)23-20(19)24-10-12-25(13-11-24)21(26)17-8-6-7-9-18(17)27-5/h6-9,14H,10-13H2,1-5H3. The van der Waals surface area contributed by atoms with Gasteiger partial charge in [0, 0.05) is 37.4 Å². The number of piperazine rings is 1. The summed E-state index contributed by atoms with van der Waals surface area (Å²) in [7, 11) is 1.59. The Hall–Kier alpha value is -2.63. The van der Waals surface area contributed by atoms with E-state index in [0.717, 1.165) is 30.4 Å². The molecule has 2 heterocycles. The molecule has 0 N–H and O–H groups in total. The summed E-state index contributed by atoms with van der Waals surface area (Å²) in [4.78, 5) is 26.3. The Morgan fingerprint density at radius 3 is 2.37 bits per heavy atom. The Morgan fingerprint density at radius 1 is 1.07 bits per heavy atom. The second-order valence-electron chi connectivity index (χ2n) is 7.23. The minimum atomic E-state index is 0.0197. The summed E-state index contributed by atoms with van der Waals surface area (Å²) in [6.07, 6.45) is 0. The van der Waals surface area contributed by atoms with E-state index in [4.69, 9.17) is 9.72 Å². The SMILES string of the molecule is COc1ccccc1C(=O)N1CCN(c2nc(C)nc(C)c2C(C)C)CC1. The number of amides is 1. The van der Waals surface area contributed by atoms with Gasteiger partial charge in [-0.15, -0.1) is 0 Å². The zero-order valence-electron chi connectivity index (χ0n) is 16.8. The highest BCUT2D eigenvalue weighted by atomic mass is 16.5. The number of hydrogen-bond donors (Lipinski definition) is 0. The van der Waals surface area contributed by atoms with Crippen LogP contribution < -0.4 is 9.64 Å². The molecule has 0 spiro atoms. The fraction of sp³-hybridized carbons (Fsp3) is 0.476. The third-order valence-corrected chi connectivity index (χ3v) is 5.01. The van der Waals surface area contributed by atoms with Gasteiger partial charge < -0.3 is 14.5 Å². The number of carbonyl (C=O) groups excluding carboxylic acids is 1. The summed E-state index contributed by atoms with van der Waals surface area (Å²) in [5, 5.41) is 0. The Bertz CT molecular complexity index is 827. The van der Waals surface area contributed by atoms with Crippen molar-refractivity contribution in [2.24, 2.45) is 0 Å². The van der Waals surface area contributed by atoms with E-state index in [1.165, 1.54) is 5.56 Å². The maximum absolute atomic E-state index is 12.9. The molecule has 144 valence electrons. The lowest BCUT2D eigenvalue weighted by molar-refractivity contribution is 0.0743. The molecule has 0 bridgehead atoms. The number of anilines is 1. The van der Waals surface area contributed by atoms with Crippen LogP contribution in [0.5, 0.6) is 5.75 Å². The molecule has 1 saturated heterocycles. The first-order chi connectivity index (χ1) is 12.9. The van der Waals surface area contributed by atoms with Gasteiger partial charge in [0.05, 0.1) is 12.7 Å². The number of ether oxygens (including phenoxy) is 1. The van der Waals surface area contributed by atoms with Crippen LogP contribution in [0.3, 0.4) is 0 Å². The summed E-state index contributed by atoms with van der Waals surface area (Å²) < 4.78 is 5.34. The average molecular weight is 368 g/mol. The molecule has 0 saturated carbocycles. The van der Waals surface area contributed by atoms with E-state index in [1.54, 1.807) is 7.11 Å². The molecule has 6 heteroatoms. The topological polar surface area (TPSA) is 58.6 Å². The maximum Gasteiger partial charge on any atom is 0.257 e. The number of benzene rings is 1. The summed E-state index contributed by atoms with van der Waals surface area (Å²) >= 11 is 0. The number of nitrogens with zero attached hydrogens (tertiary/aromatic N) is 4. The number of methoxy groups -OCH3 is 1. The zero-order chi connectivity index (χ0) is 19.6. The first kappa shape index (κ1) is 19.1. The molecular formula is C21H28N4O2. The van der Waals surface area contributed by atoms with Crippen LogP contribution in [0.15, 0.2) is 24.3 Å².